The van der Waals surface area contributed by atoms with Gasteiger partial charge in [0.1, 0.15) is 12.4 Å². The van der Waals surface area contributed by atoms with Crippen LogP contribution in [0, 0.1) is 0 Å². The van der Waals surface area contributed by atoms with Gasteiger partial charge in [-0.25, -0.2) is 0 Å². The summed E-state index contributed by atoms with van der Waals surface area (Å²) in [6.45, 7) is 0.169. The Bertz CT molecular complexity index is 768. The highest BCUT2D eigenvalue weighted by atomic mass is 35.5. The predicted octanol–water partition coefficient (Wildman–Crippen LogP) is 4.73. The van der Waals surface area contributed by atoms with Crippen molar-refractivity contribution >= 4 is 46.8 Å². The molecule has 0 bridgehead atoms. The Hall–Kier alpha value is -1.88. The van der Waals surface area contributed by atoms with E-state index in [-0.39, 0.29) is 6.61 Å². The fraction of sp³-hybridized carbons (Fsp3) is 0.118. The van der Waals surface area contributed by atoms with E-state index in [9.17, 15) is 4.79 Å². The fourth-order valence-electron chi connectivity index (χ4n) is 2.01. The molecule has 2 aromatic carbocycles. The minimum absolute atomic E-state index is 0.169. The molecule has 7 heteroatoms. The van der Waals surface area contributed by atoms with Crippen molar-refractivity contribution in [3.63, 3.8) is 0 Å². The summed E-state index contributed by atoms with van der Waals surface area (Å²) >= 11 is 18.1. The van der Waals surface area contributed by atoms with Crippen molar-refractivity contribution in [1.82, 2.24) is 0 Å². The van der Waals surface area contributed by atoms with Gasteiger partial charge in [0.05, 0.1) is 17.2 Å². The maximum Gasteiger partial charge on any atom is 0.241 e. The summed E-state index contributed by atoms with van der Waals surface area (Å²) in [5, 5.41) is 1.06. The Morgan fingerprint density at radius 2 is 1.83 bits per heavy atom. The van der Waals surface area contributed by atoms with Crippen molar-refractivity contribution in [2.75, 3.05) is 7.11 Å². The summed E-state index contributed by atoms with van der Waals surface area (Å²) < 4.78 is 11.0. The van der Waals surface area contributed by atoms with Crippen LogP contribution >= 0.6 is 34.8 Å². The molecule has 0 aliphatic heterocycles. The molecule has 0 fully saturated rings. The largest absolute Gasteiger partial charge is 0.496 e. The standard InChI is InChI=1S/C17H14Cl3NO3/c1-23-15-4-2-10(3-5-16(21)22)6-11(15)9-24-17-13(19)7-12(18)8-14(17)20/h2-8H,9H2,1H3,(H2,21,22)/b5-3-. The van der Waals surface area contributed by atoms with Crippen LogP contribution < -0.4 is 15.2 Å². The number of rotatable bonds is 6. The molecule has 0 atom stereocenters. The van der Waals surface area contributed by atoms with Crippen molar-refractivity contribution in [3.05, 3.63) is 62.6 Å². The molecule has 0 aromatic heterocycles. The Morgan fingerprint density at radius 1 is 1.17 bits per heavy atom. The molecule has 0 saturated carbocycles. The lowest BCUT2D eigenvalue weighted by Crippen LogP contribution is -2.05. The second-order valence-corrected chi connectivity index (χ2v) is 6.05. The number of halogens is 3. The number of carbonyl (C=O) groups is 1. The van der Waals surface area contributed by atoms with Crippen LogP contribution in [0.5, 0.6) is 11.5 Å². The van der Waals surface area contributed by atoms with Crippen LogP contribution in [0.1, 0.15) is 11.1 Å². The number of amides is 1. The number of nitrogens with two attached hydrogens (primary N) is 1. The van der Waals surface area contributed by atoms with Gasteiger partial charge in [-0.1, -0.05) is 40.9 Å². The van der Waals surface area contributed by atoms with E-state index < -0.39 is 5.91 Å². The van der Waals surface area contributed by atoms with Gasteiger partial charge in [-0.15, -0.1) is 0 Å². The van der Waals surface area contributed by atoms with Crippen LogP contribution in [0.25, 0.3) is 6.08 Å². The third-order valence-electron chi connectivity index (χ3n) is 3.08. The first-order chi connectivity index (χ1) is 11.4. The zero-order valence-electron chi connectivity index (χ0n) is 12.7. The molecule has 0 aliphatic rings. The molecule has 0 unspecified atom stereocenters. The number of hydrogen-bond acceptors (Lipinski definition) is 3. The van der Waals surface area contributed by atoms with E-state index >= 15 is 0 Å². The van der Waals surface area contributed by atoms with Gasteiger partial charge in [0.25, 0.3) is 0 Å². The average Bonchev–Trinajstić information content (AvgIpc) is 2.52. The minimum atomic E-state index is -0.525. The quantitative estimate of drug-likeness (QED) is 0.730. The first-order valence-corrected chi connectivity index (χ1v) is 7.96. The number of methoxy groups -OCH3 is 1. The van der Waals surface area contributed by atoms with Crippen molar-refractivity contribution < 1.29 is 14.3 Å². The Labute approximate surface area is 154 Å². The van der Waals surface area contributed by atoms with E-state index in [0.29, 0.717) is 26.6 Å². The first-order valence-electron chi connectivity index (χ1n) is 6.82. The Kier molecular flexibility index (Phi) is 6.37. The SMILES string of the molecule is COc1ccc(/C=C\C(N)=O)cc1COc1c(Cl)cc(Cl)cc1Cl. The second-order valence-electron chi connectivity index (χ2n) is 4.79. The zero-order chi connectivity index (χ0) is 17.7. The molecule has 2 aromatic rings. The smallest absolute Gasteiger partial charge is 0.241 e. The Balaban J connectivity index is 2.25. The summed E-state index contributed by atoms with van der Waals surface area (Å²) in [6.07, 6.45) is 2.88. The summed E-state index contributed by atoms with van der Waals surface area (Å²) in [5.74, 6) is 0.443. The van der Waals surface area contributed by atoms with Gasteiger partial charge in [-0.05, 0) is 35.9 Å². The average molecular weight is 387 g/mol. The molecule has 0 aliphatic carbocycles. The van der Waals surface area contributed by atoms with Gasteiger partial charge in [0.2, 0.25) is 5.91 Å². The van der Waals surface area contributed by atoms with E-state index in [1.807, 2.05) is 6.07 Å². The lowest BCUT2D eigenvalue weighted by Gasteiger charge is -2.13. The molecular formula is C17H14Cl3NO3. The van der Waals surface area contributed by atoms with Crippen LogP contribution in [0.4, 0.5) is 0 Å². The molecule has 0 heterocycles. The first kappa shape index (κ1) is 18.5. The second kappa shape index (κ2) is 8.29. The molecule has 24 heavy (non-hydrogen) atoms. The summed E-state index contributed by atoms with van der Waals surface area (Å²) in [7, 11) is 1.56. The summed E-state index contributed by atoms with van der Waals surface area (Å²) in [5.41, 5.74) is 6.63. The van der Waals surface area contributed by atoms with Crippen molar-refractivity contribution in [1.29, 1.82) is 0 Å². The highest BCUT2D eigenvalue weighted by Crippen LogP contribution is 2.36. The molecule has 2 N–H and O–H groups in total. The van der Waals surface area contributed by atoms with E-state index in [0.717, 1.165) is 11.1 Å². The van der Waals surface area contributed by atoms with Crippen molar-refractivity contribution in [2.45, 2.75) is 6.61 Å². The number of ether oxygens (including phenoxy) is 2. The molecule has 126 valence electrons. The molecule has 1 amide bonds. The van der Waals surface area contributed by atoms with Crippen LogP contribution in [0.3, 0.4) is 0 Å². The summed E-state index contributed by atoms with van der Waals surface area (Å²) in [4.78, 5) is 10.8. The number of primary amides is 1. The maximum absolute atomic E-state index is 10.8. The normalized spacial score (nSPS) is 10.8. The molecular weight excluding hydrogens is 373 g/mol. The summed E-state index contributed by atoms with van der Waals surface area (Å²) in [6, 6.07) is 8.48. The number of carbonyl (C=O) groups excluding carboxylic acids is 1. The van der Waals surface area contributed by atoms with Gasteiger partial charge < -0.3 is 15.2 Å². The monoisotopic (exact) mass is 385 g/mol. The topological polar surface area (TPSA) is 61.5 Å². The Morgan fingerprint density at radius 3 is 2.42 bits per heavy atom. The molecule has 2 rings (SSSR count). The number of hydrogen-bond donors (Lipinski definition) is 1. The van der Waals surface area contributed by atoms with E-state index in [1.54, 1.807) is 37.5 Å². The predicted molar refractivity (Wildman–Crippen MR) is 97.0 cm³/mol. The van der Waals surface area contributed by atoms with Crippen LogP contribution in [0.15, 0.2) is 36.4 Å². The lowest BCUT2D eigenvalue weighted by molar-refractivity contribution is -0.113. The van der Waals surface area contributed by atoms with Crippen LogP contribution in [0.2, 0.25) is 15.1 Å². The van der Waals surface area contributed by atoms with Gasteiger partial charge in [0, 0.05) is 16.7 Å². The van der Waals surface area contributed by atoms with E-state index in [2.05, 4.69) is 0 Å². The molecule has 4 nitrogen and oxygen atoms in total. The highest BCUT2D eigenvalue weighted by Gasteiger charge is 2.11. The molecule has 0 radical (unpaired) electrons. The van der Waals surface area contributed by atoms with E-state index in [4.69, 9.17) is 50.0 Å². The highest BCUT2D eigenvalue weighted by molar-refractivity contribution is 6.40. The van der Waals surface area contributed by atoms with Gasteiger partial charge in [0.15, 0.2) is 5.75 Å². The zero-order valence-corrected chi connectivity index (χ0v) is 15.0. The third-order valence-corrected chi connectivity index (χ3v) is 3.86. The van der Waals surface area contributed by atoms with Gasteiger partial charge in [-0.3, -0.25) is 4.79 Å². The van der Waals surface area contributed by atoms with Crippen molar-refractivity contribution in [3.8, 4) is 11.5 Å². The van der Waals surface area contributed by atoms with Crippen LogP contribution in [-0.4, -0.2) is 13.0 Å². The van der Waals surface area contributed by atoms with Gasteiger partial charge >= 0.3 is 0 Å². The fourth-order valence-corrected chi connectivity index (χ4v) is 2.94. The van der Waals surface area contributed by atoms with Crippen LogP contribution in [-0.2, 0) is 11.4 Å². The molecule has 0 saturated heterocycles. The van der Waals surface area contributed by atoms with E-state index in [1.165, 1.54) is 6.08 Å². The van der Waals surface area contributed by atoms with Crippen molar-refractivity contribution in [2.24, 2.45) is 5.73 Å². The lowest BCUT2D eigenvalue weighted by atomic mass is 10.1. The third kappa shape index (κ3) is 4.81. The van der Waals surface area contributed by atoms with Gasteiger partial charge in [-0.2, -0.15) is 0 Å². The number of benzene rings is 2. The minimum Gasteiger partial charge on any atom is -0.496 e. The maximum atomic E-state index is 10.8. The molecule has 0 spiro atoms.